The first-order valence-corrected chi connectivity index (χ1v) is 4.84. The van der Waals surface area contributed by atoms with Gasteiger partial charge < -0.3 is 5.11 Å². The number of aldehydes is 1. The van der Waals surface area contributed by atoms with Gasteiger partial charge in [-0.15, -0.1) is 0 Å². The van der Waals surface area contributed by atoms with Crippen LogP contribution in [0.25, 0.3) is 0 Å². The molecule has 0 aliphatic heterocycles. The number of aliphatic hydroxyl groups excluding tert-OH is 1. The average molecular weight is 398 g/mol. The van der Waals surface area contributed by atoms with Gasteiger partial charge in [0, 0.05) is 0 Å². The summed E-state index contributed by atoms with van der Waals surface area (Å²) in [5.41, 5.74) is 0. The fraction of sp³-hybridized carbons (Fsp3) is 0.875. The maximum Gasteiger partial charge on any atom is 0.460 e. The highest BCUT2D eigenvalue weighted by atomic mass is 19.4. The van der Waals surface area contributed by atoms with Crippen LogP contribution >= 0.6 is 0 Å². The third-order valence-corrected chi connectivity index (χ3v) is 1.94. The molecule has 1 N–H and O–H groups in total. The molecular formula is C8H4F14O2. The summed E-state index contributed by atoms with van der Waals surface area (Å²) in [6.07, 6.45) is -14.5. The number of rotatable bonds is 4. The van der Waals surface area contributed by atoms with E-state index in [1.54, 1.807) is 0 Å². The topological polar surface area (TPSA) is 37.3 Å². The minimum absolute atomic E-state index is 1.74. The first-order chi connectivity index (χ1) is 10.1. The lowest BCUT2D eigenvalue weighted by atomic mass is 10.2. The molecule has 0 atom stereocenters. The van der Waals surface area contributed by atoms with Gasteiger partial charge >= 0.3 is 36.0 Å². The summed E-state index contributed by atoms with van der Waals surface area (Å²) in [6.45, 7) is -2.56. The largest absolute Gasteiger partial charge is 0.460 e. The molecule has 0 amide bonds. The molecule has 0 saturated heterocycles. The average Bonchev–Trinajstić information content (AvgIpc) is 2.36. The predicted molar refractivity (Wildman–Crippen MR) is 45.0 cm³/mol. The normalized spacial score (nSPS) is 14.8. The van der Waals surface area contributed by atoms with Gasteiger partial charge in [-0.25, -0.2) is 0 Å². The fourth-order valence-electron chi connectivity index (χ4n) is 0.570. The molecule has 0 radical (unpaired) electrons. The first-order valence-electron chi connectivity index (χ1n) is 4.84. The molecular weight excluding hydrogens is 394 g/mol. The highest BCUT2D eigenvalue weighted by molar-refractivity contribution is 5.61. The molecule has 146 valence electrons. The van der Waals surface area contributed by atoms with Crippen molar-refractivity contribution in [1.82, 2.24) is 0 Å². The van der Waals surface area contributed by atoms with Crippen LogP contribution in [0.3, 0.4) is 0 Å². The van der Waals surface area contributed by atoms with Crippen LogP contribution in [-0.2, 0) is 4.79 Å². The zero-order valence-electron chi connectivity index (χ0n) is 10.4. The number of carbonyl (C=O) groups excluding carboxylic acids is 1. The minimum Gasteiger partial charge on any atom is -0.390 e. The summed E-state index contributed by atoms with van der Waals surface area (Å²) < 4.78 is 160. The Bertz CT molecular complexity index is 419. The van der Waals surface area contributed by atoms with Gasteiger partial charge in [0.25, 0.3) is 0 Å². The molecule has 0 saturated carbocycles. The number of alkyl halides is 14. The Morgan fingerprint density at radius 2 is 0.917 bits per heavy atom. The summed E-state index contributed by atoms with van der Waals surface area (Å²) >= 11 is 0. The lowest BCUT2D eigenvalue weighted by Gasteiger charge is -2.26. The van der Waals surface area contributed by atoms with Crippen molar-refractivity contribution in [1.29, 1.82) is 0 Å². The van der Waals surface area contributed by atoms with Crippen LogP contribution in [-0.4, -0.2) is 54.0 Å². The molecule has 0 aliphatic carbocycles. The van der Waals surface area contributed by atoms with E-state index in [9.17, 15) is 66.3 Å². The highest BCUT2D eigenvalue weighted by Gasteiger charge is 2.73. The van der Waals surface area contributed by atoms with Gasteiger partial charge in [0.2, 0.25) is 0 Å². The zero-order chi connectivity index (χ0) is 20.4. The molecule has 24 heavy (non-hydrogen) atoms. The van der Waals surface area contributed by atoms with Crippen LogP contribution in [0.4, 0.5) is 61.5 Å². The molecule has 0 fully saturated rings. The summed E-state index contributed by atoms with van der Waals surface area (Å²) in [4.78, 5) is 9.19. The second kappa shape index (κ2) is 6.87. The molecule has 0 spiro atoms. The quantitative estimate of drug-likeness (QED) is 0.578. The molecule has 0 unspecified atom stereocenters. The van der Waals surface area contributed by atoms with E-state index < -0.39 is 48.9 Å². The highest BCUT2D eigenvalue weighted by Crippen LogP contribution is 2.46. The van der Waals surface area contributed by atoms with Crippen molar-refractivity contribution >= 4 is 6.29 Å². The van der Waals surface area contributed by atoms with Crippen LogP contribution in [0, 0.1) is 0 Å². The Morgan fingerprint density at radius 1 is 0.625 bits per heavy atom. The van der Waals surface area contributed by atoms with Crippen LogP contribution < -0.4 is 0 Å². The van der Waals surface area contributed by atoms with Crippen molar-refractivity contribution in [2.24, 2.45) is 0 Å². The lowest BCUT2D eigenvalue weighted by molar-refractivity contribution is -0.359. The van der Waals surface area contributed by atoms with Crippen molar-refractivity contribution < 1.29 is 71.4 Å². The van der Waals surface area contributed by atoms with Crippen molar-refractivity contribution in [3.8, 4) is 0 Å². The van der Waals surface area contributed by atoms with Crippen LogP contribution in [0.2, 0.25) is 0 Å². The molecule has 0 aromatic heterocycles. The second-order valence-electron chi connectivity index (χ2n) is 3.75. The summed E-state index contributed by atoms with van der Waals surface area (Å²) in [5, 5.41) is 7.56. The maximum absolute atomic E-state index is 11.7. The summed E-state index contributed by atoms with van der Waals surface area (Å²) in [6, 6.07) is 0. The van der Waals surface area contributed by atoms with Crippen molar-refractivity contribution in [2.75, 3.05) is 6.61 Å². The number of hydrogen-bond donors (Lipinski definition) is 1. The summed E-state index contributed by atoms with van der Waals surface area (Å²) in [5.74, 6) is -23.7. The number of hydrogen-bond acceptors (Lipinski definition) is 2. The standard InChI is InChI=1S/C4H3F7O.C4HF7O/c2*5-2(6,1-12)3(7,8)4(9,10)11/h12H,1H2;1H. The van der Waals surface area contributed by atoms with E-state index in [0.717, 1.165) is 0 Å². The van der Waals surface area contributed by atoms with Gasteiger partial charge in [-0.2, -0.15) is 61.5 Å². The van der Waals surface area contributed by atoms with Gasteiger partial charge in [0.15, 0.2) is 6.29 Å². The molecule has 2 nitrogen and oxygen atoms in total. The van der Waals surface area contributed by atoms with Gasteiger partial charge in [-0.3, -0.25) is 4.79 Å². The monoisotopic (exact) mass is 398 g/mol. The number of aliphatic hydroxyl groups is 1. The minimum atomic E-state index is -6.43. The molecule has 0 bridgehead atoms. The van der Waals surface area contributed by atoms with Crippen LogP contribution in [0.5, 0.6) is 0 Å². The smallest absolute Gasteiger partial charge is 0.390 e. The Morgan fingerprint density at radius 3 is 1.00 bits per heavy atom. The SMILES string of the molecule is O=CC(F)(F)C(F)(F)C(F)(F)F.OCC(F)(F)C(F)(F)C(F)(F)F. The van der Waals surface area contributed by atoms with E-state index in [1.165, 1.54) is 0 Å². The van der Waals surface area contributed by atoms with E-state index in [0.29, 0.717) is 0 Å². The molecule has 0 rings (SSSR count). The molecule has 0 heterocycles. The summed E-state index contributed by atoms with van der Waals surface area (Å²) in [7, 11) is 0. The molecule has 16 heteroatoms. The second-order valence-corrected chi connectivity index (χ2v) is 3.75. The van der Waals surface area contributed by atoms with Crippen molar-refractivity contribution in [2.45, 2.75) is 36.0 Å². The number of carbonyl (C=O) groups is 1. The van der Waals surface area contributed by atoms with Gasteiger partial charge in [-0.05, 0) is 0 Å². The van der Waals surface area contributed by atoms with Crippen molar-refractivity contribution in [3.05, 3.63) is 0 Å². The van der Waals surface area contributed by atoms with Crippen LogP contribution in [0.1, 0.15) is 0 Å². The molecule has 0 aromatic rings. The van der Waals surface area contributed by atoms with E-state index in [-0.39, 0.29) is 0 Å². The Balaban J connectivity index is 0. The van der Waals surface area contributed by atoms with Gasteiger partial charge in [-0.1, -0.05) is 0 Å². The van der Waals surface area contributed by atoms with Gasteiger partial charge in [0.1, 0.15) is 6.61 Å². The van der Waals surface area contributed by atoms with E-state index >= 15 is 0 Å². The molecule has 0 aliphatic rings. The maximum atomic E-state index is 11.7. The third kappa shape index (κ3) is 4.83. The fourth-order valence-corrected chi connectivity index (χ4v) is 0.570. The van der Waals surface area contributed by atoms with Gasteiger partial charge in [0.05, 0.1) is 0 Å². The lowest BCUT2D eigenvalue weighted by Crippen LogP contribution is -2.53. The van der Waals surface area contributed by atoms with E-state index in [1.807, 2.05) is 0 Å². The Labute approximate surface area is 122 Å². The van der Waals surface area contributed by atoms with E-state index in [2.05, 4.69) is 0 Å². The molecule has 0 aromatic carbocycles. The zero-order valence-corrected chi connectivity index (χ0v) is 10.4. The predicted octanol–water partition coefficient (Wildman–Crippen LogP) is 3.83. The Kier molecular flexibility index (Phi) is 7.13. The van der Waals surface area contributed by atoms with Crippen molar-refractivity contribution in [3.63, 3.8) is 0 Å². The number of halogens is 14. The first kappa shape index (κ1) is 24.9. The Hall–Kier alpha value is -1.35. The van der Waals surface area contributed by atoms with Crippen LogP contribution in [0.15, 0.2) is 0 Å². The van der Waals surface area contributed by atoms with E-state index in [4.69, 9.17) is 5.11 Å². The third-order valence-electron chi connectivity index (χ3n) is 1.94.